The van der Waals surface area contributed by atoms with Crippen molar-refractivity contribution in [3.8, 4) is 17.6 Å². The van der Waals surface area contributed by atoms with E-state index in [0.29, 0.717) is 29.4 Å². The summed E-state index contributed by atoms with van der Waals surface area (Å²) in [5, 5.41) is 10.5. The quantitative estimate of drug-likeness (QED) is 0.668. The highest BCUT2D eigenvalue weighted by Crippen LogP contribution is 2.43. The molecule has 1 aliphatic heterocycles. The molecule has 3 N–H and O–H groups in total. The van der Waals surface area contributed by atoms with Crippen molar-refractivity contribution in [3.05, 3.63) is 81.5 Å². The van der Waals surface area contributed by atoms with Crippen LogP contribution in [0.4, 0.5) is 0 Å². The van der Waals surface area contributed by atoms with Gasteiger partial charge in [0, 0.05) is 5.39 Å². The molecule has 0 saturated heterocycles. The van der Waals surface area contributed by atoms with E-state index in [-0.39, 0.29) is 17.0 Å². The minimum Gasteiger partial charge on any atom is -0.494 e. The predicted molar refractivity (Wildman–Crippen MR) is 115 cm³/mol. The first-order chi connectivity index (χ1) is 14.5. The number of nitriles is 1. The Morgan fingerprint density at radius 3 is 2.63 bits per heavy atom. The van der Waals surface area contributed by atoms with Crippen molar-refractivity contribution in [2.24, 2.45) is 11.7 Å². The van der Waals surface area contributed by atoms with Crippen LogP contribution in [0.5, 0.6) is 11.5 Å². The lowest BCUT2D eigenvalue weighted by atomic mass is 9.83. The molecule has 0 saturated carbocycles. The highest BCUT2D eigenvalue weighted by molar-refractivity contribution is 5.87. The average molecular weight is 401 g/mol. The number of rotatable bonds is 5. The summed E-state index contributed by atoms with van der Waals surface area (Å²) < 4.78 is 11.6. The fourth-order valence-electron chi connectivity index (χ4n) is 3.67. The molecule has 0 aliphatic carbocycles. The van der Waals surface area contributed by atoms with Gasteiger partial charge in [-0.15, -0.1) is 0 Å². The highest BCUT2D eigenvalue weighted by atomic mass is 16.5. The van der Waals surface area contributed by atoms with Gasteiger partial charge in [-0.1, -0.05) is 38.1 Å². The van der Waals surface area contributed by atoms with Crippen molar-refractivity contribution in [1.82, 2.24) is 4.98 Å². The van der Waals surface area contributed by atoms with Gasteiger partial charge >= 0.3 is 0 Å². The normalized spacial score (nSPS) is 15.6. The van der Waals surface area contributed by atoms with Gasteiger partial charge in [0.05, 0.1) is 23.6 Å². The Bertz CT molecular complexity index is 1220. The van der Waals surface area contributed by atoms with E-state index in [0.717, 1.165) is 23.1 Å². The van der Waals surface area contributed by atoms with Crippen molar-refractivity contribution in [2.45, 2.75) is 26.2 Å². The Labute approximate surface area is 174 Å². The number of nitrogens with two attached hydrogens (primary N) is 1. The molecule has 0 unspecified atom stereocenters. The fourth-order valence-corrected chi connectivity index (χ4v) is 3.67. The van der Waals surface area contributed by atoms with E-state index < -0.39 is 5.92 Å². The number of nitrogens with zero attached hydrogens (tertiary/aromatic N) is 1. The maximum atomic E-state index is 13.0. The average Bonchev–Trinajstić information content (AvgIpc) is 2.73. The number of allylic oxidation sites excluding steroid dienone is 1. The molecule has 3 aromatic rings. The second kappa shape index (κ2) is 7.96. The van der Waals surface area contributed by atoms with Gasteiger partial charge in [0.1, 0.15) is 23.1 Å². The van der Waals surface area contributed by atoms with E-state index in [9.17, 15) is 10.1 Å². The number of para-hydroxylation sites is 1. The number of nitrogens with one attached hydrogen (secondary N) is 1. The van der Waals surface area contributed by atoms with E-state index in [1.54, 1.807) is 6.07 Å². The van der Waals surface area contributed by atoms with Crippen LogP contribution in [-0.4, -0.2) is 11.6 Å². The lowest BCUT2D eigenvalue weighted by Gasteiger charge is -2.26. The van der Waals surface area contributed by atoms with Crippen molar-refractivity contribution in [2.75, 3.05) is 6.61 Å². The van der Waals surface area contributed by atoms with E-state index in [2.05, 4.69) is 24.9 Å². The van der Waals surface area contributed by atoms with Crippen LogP contribution in [0, 0.1) is 17.2 Å². The minimum atomic E-state index is -0.614. The molecule has 4 rings (SSSR count). The number of hydrogen-bond acceptors (Lipinski definition) is 5. The lowest BCUT2D eigenvalue weighted by Crippen LogP contribution is -2.27. The number of fused-ring (bicyclic) bond motifs is 3. The summed E-state index contributed by atoms with van der Waals surface area (Å²) in [5.74, 6) is 1.11. The molecule has 6 nitrogen and oxygen atoms in total. The third-order valence-corrected chi connectivity index (χ3v) is 5.26. The molecule has 152 valence electrons. The number of benzene rings is 2. The van der Waals surface area contributed by atoms with E-state index in [1.807, 2.05) is 42.5 Å². The Morgan fingerprint density at radius 2 is 1.93 bits per heavy atom. The van der Waals surface area contributed by atoms with E-state index in [1.165, 1.54) is 0 Å². The van der Waals surface area contributed by atoms with Crippen LogP contribution in [0.15, 0.2) is 64.8 Å². The van der Waals surface area contributed by atoms with E-state index >= 15 is 0 Å². The number of aromatic amines is 1. The zero-order chi connectivity index (χ0) is 21.3. The molecule has 2 aromatic carbocycles. The van der Waals surface area contributed by atoms with Gasteiger partial charge in [0.25, 0.3) is 5.56 Å². The Kier molecular flexibility index (Phi) is 5.20. The number of hydrogen-bond donors (Lipinski definition) is 2. The number of ether oxygens (including phenoxy) is 2. The first-order valence-corrected chi connectivity index (χ1v) is 9.95. The van der Waals surface area contributed by atoms with Crippen LogP contribution in [0.1, 0.15) is 37.3 Å². The van der Waals surface area contributed by atoms with Gasteiger partial charge in [-0.05, 0) is 42.2 Å². The molecule has 30 heavy (non-hydrogen) atoms. The maximum Gasteiger partial charge on any atom is 0.256 e. The Morgan fingerprint density at radius 1 is 1.20 bits per heavy atom. The van der Waals surface area contributed by atoms with Gasteiger partial charge < -0.3 is 20.2 Å². The van der Waals surface area contributed by atoms with Crippen molar-refractivity contribution >= 4 is 10.9 Å². The summed E-state index contributed by atoms with van der Waals surface area (Å²) in [7, 11) is 0. The summed E-state index contributed by atoms with van der Waals surface area (Å²) in [5.41, 5.74) is 7.83. The molecular formula is C24H23N3O3. The van der Waals surface area contributed by atoms with E-state index in [4.69, 9.17) is 15.2 Å². The molecule has 0 radical (unpaired) electrons. The number of pyridine rings is 1. The second-order valence-corrected chi connectivity index (χ2v) is 7.77. The van der Waals surface area contributed by atoms with Crippen LogP contribution >= 0.6 is 0 Å². The zero-order valence-electron chi connectivity index (χ0n) is 16.9. The summed E-state index contributed by atoms with van der Waals surface area (Å²) in [6.45, 7) is 4.94. The van der Waals surface area contributed by atoms with Gasteiger partial charge in [-0.2, -0.15) is 5.26 Å². The summed E-state index contributed by atoms with van der Waals surface area (Å²) in [4.78, 5) is 15.9. The van der Waals surface area contributed by atoms with Crippen LogP contribution < -0.4 is 20.8 Å². The van der Waals surface area contributed by atoms with Crippen molar-refractivity contribution in [3.63, 3.8) is 0 Å². The largest absolute Gasteiger partial charge is 0.494 e. The maximum absolute atomic E-state index is 13.0. The monoisotopic (exact) mass is 401 g/mol. The third-order valence-electron chi connectivity index (χ3n) is 5.26. The fraction of sp³-hybridized carbons (Fsp3) is 0.250. The molecule has 0 spiro atoms. The Hall–Kier alpha value is -3.72. The molecular weight excluding hydrogens is 378 g/mol. The third kappa shape index (κ3) is 3.50. The first kappa shape index (κ1) is 19.6. The smallest absolute Gasteiger partial charge is 0.256 e. The van der Waals surface area contributed by atoms with Gasteiger partial charge in [-0.25, -0.2) is 0 Å². The second-order valence-electron chi connectivity index (χ2n) is 7.77. The van der Waals surface area contributed by atoms with Crippen molar-refractivity contribution < 1.29 is 9.47 Å². The molecule has 2 heterocycles. The van der Waals surface area contributed by atoms with Crippen LogP contribution in [0.25, 0.3) is 10.9 Å². The van der Waals surface area contributed by atoms with Gasteiger partial charge in [-0.3, -0.25) is 4.79 Å². The topological polar surface area (TPSA) is 101 Å². The number of aromatic nitrogens is 1. The molecule has 0 amide bonds. The minimum absolute atomic E-state index is 0.0167. The van der Waals surface area contributed by atoms with Crippen LogP contribution in [-0.2, 0) is 0 Å². The SMILES string of the molecule is CC(C)CCOc1ccc([C@H]2C(C#N)=C(N)Oc3c2c(=O)[nH]c2ccccc32)cc1. The highest BCUT2D eigenvalue weighted by Gasteiger charge is 2.34. The van der Waals surface area contributed by atoms with Crippen molar-refractivity contribution in [1.29, 1.82) is 5.26 Å². The predicted octanol–water partition coefficient (Wildman–Crippen LogP) is 4.17. The number of H-pyrrole nitrogens is 1. The molecule has 1 aliphatic rings. The first-order valence-electron chi connectivity index (χ1n) is 9.95. The molecule has 0 fully saturated rings. The lowest BCUT2D eigenvalue weighted by molar-refractivity contribution is 0.289. The van der Waals surface area contributed by atoms with Crippen LogP contribution in [0.2, 0.25) is 0 Å². The van der Waals surface area contributed by atoms with Crippen LogP contribution in [0.3, 0.4) is 0 Å². The molecule has 1 atom stereocenters. The molecule has 0 bridgehead atoms. The molecule has 6 heteroatoms. The standard InChI is InChI=1S/C24H23N3O3/c1-14(2)11-12-29-16-9-7-15(8-10-16)20-18(13-25)23(26)30-22-17-5-3-4-6-19(17)27-24(28)21(20)22/h3-10,14,20H,11-12,26H2,1-2H3,(H,27,28)/t20-/m0/s1. The summed E-state index contributed by atoms with van der Waals surface area (Å²) in [6, 6.07) is 16.9. The van der Waals surface area contributed by atoms with Gasteiger partial charge in [0.2, 0.25) is 5.88 Å². The molecule has 1 aromatic heterocycles. The van der Waals surface area contributed by atoms with Gasteiger partial charge in [0.15, 0.2) is 0 Å². The zero-order valence-corrected chi connectivity index (χ0v) is 16.9. The Balaban J connectivity index is 1.79. The summed E-state index contributed by atoms with van der Waals surface area (Å²) in [6.07, 6.45) is 0.968. The summed E-state index contributed by atoms with van der Waals surface area (Å²) >= 11 is 0.